The third-order valence-electron chi connectivity index (χ3n) is 4.54. The quantitative estimate of drug-likeness (QED) is 0.606. The fourth-order valence-corrected chi connectivity index (χ4v) is 3.28. The van der Waals surface area contributed by atoms with Crippen LogP contribution in [0.2, 0.25) is 0 Å². The molecule has 2 aromatic rings. The number of halogens is 3. The van der Waals surface area contributed by atoms with E-state index in [9.17, 15) is 23.3 Å². The van der Waals surface area contributed by atoms with E-state index in [0.717, 1.165) is 18.0 Å². The number of anilines is 1. The Morgan fingerprint density at radius 2 is 1.96 bits per heavy atom. The predicted molar refractivity (Wildman–Crippen MR) is 88.0 cm³/mol. The number of benzene rings is 1. The maximum Gasteiger partial charge on any atom is 0.423 e. The van der Waals surface area contributed by atoms with Crippen LogP contribution < -0.4 is 4.90 Å². The Hall–Kier alpha value is -2.65. The monoisotopic (exact) mass is 369 g/mol. The lowest BCUT2D eigenvalue weighted by molar-refractivity contribution is -0.388. The number of nitro groups is 1. The lowest BCUT2D eigenvalue weighted by Gasteiger charge is -2.36. The summed E-state index contributed by atoms with van der Waals surface area (Å²) in [6.07, 6.45) is -4.80. The number of hydrogen-bond donors (Lipinski definition) is 0. The van der Waals surface area contributed by atoms with Gasteiger partial charge in [-0.05, 0) is 19.1 Å². The topological polar surface area (TPSA) is 77.1 Å². The van der Waals surface area contributed by atoms with Crippen LogP contribution in [0.1, 0.15) is 49.9 Å². The van der Waals surface area contributed by atoms with Gasteiger partial charge < -0.3 is 9.47 Å². The average molecular weight is 369 g/mol. The highest BCUT2D eigenvalue weighted by molar-refractivity contribution is 5.57. The van der Waals surface area contributed by atoms with Crippen LogP contribution in [0, 0.1) is 10.1 Å². The maximum atomic E-state index is 13.2. The first-order valence-corrected chi connectivity index (χ1v) is 8.16. The van der Waals surface area contributed by atoms with Crippen molar-refractivity contribution in [2.75, 3.05) is 11.4 Å². The molecular formula is C16H18F3N5O2. The summed E-state index contributed by atoms with van der Waals surface area (Å²) in [5.41, 5.74) is -1.92. The Morgan fingerprint density at radius 3 is 2.54 bits per heavy atom. The lowest BCUT2D eigenvalue weighted by Crippen LogP contribution is -2.37. The molecule has 1 aliphatic heterocycles. The standard InChI is InChI=1S/C16H18F3N5O2/c1-9(2)14-20-21-15-10(3)22(6-7-23(14)15)11-4-5-13(24(25)26)12(8-11)16(17,18)19/h4-5,8-10H,6-7H2,1-3H3. The molecule has 1 aromatic carbocycles. The van der Waals surface area contributed by atoms with E-state index in [2.05, 4.69) is 10.2 Å². The number of alkyl halides is 3. The Bertz CT molecular complexity index is 847. The van der Waals surface area contributed by atoms with Gasteiger partial charge in [0.05, 0.1) is 11.0 Å². The molecule has 0 saturated heterocycles. The largest absolute Gasteiger partial charge is 0.423 e. The molecule has 7 nitrogen and oxygen atoms in total. The van der Waals surface area contributed by atoms with Gasteiger partial charge in [-0.2, -0.15) is 13.2 Å². The molecule has 1 unspecified atom stereocenters. The number of hydrogen-bond acceptors (Lipinski definition) is 5. The molecule has 1 aromatic heterocycles. The second kappa shape index (κ2) is 6.26. The fraction of sp³-hybridized carbons (Fsp3) is 0.500. The number of fused-ring (bicyclic) bond motifs is 1. The molecule has 1 aliphatic rings. The SMILES string of the molecule is CC(C)c1nnc2n1CCN(c1ccc([N+](=O)[O-])c(C(F)(F)F)c1)C2C. The minimum Gasteiger partial charge on any atom is -0.360 e. The number of rotatable bonds is 3. The highest BCUT2D eigenvalue weighted by atomic mass is 19.4. The Balaban J connectivity index is 2.01. The van der Waals surface area contributed by atoms with E-state index < -0.39 is 22.4 Å². The van der Waals surface area contributed by atoms with Gasteiger partial charge in [-0.25, -0.2) is 0 Å². The predicted octanol–water partition coefficient (Wildman–Crippen LogP) is 3.91. The molecule has 0 saturated carbocycles. The van der Waals surface area contributed by atoms with Gasteiger partial charge in [0.2, 0.25) is 0 Å². The van der Waals surface area contributed by atoms with Crippen molar-refractivity contribution in [1.29, 1.82) is 0 Å². The van der Waals surface area contributed by atoms with Crippen LogP contribution in [0.4, 0.5) is 24.5 Å². The molecule has 0 aliphatic carbocycles. The fourth-order valence-electron chi connectivity index (χ4n) is 3.28. The van der Waals surface area contributed by atoms with E-state index in [1.165, 1.54) is 6.07 Å². The van der Waals surface area contributed by atoms with Crippen molar-refractivity contribution >= 4 is 11.4 Å². The molecule has 2 heterocycles. The van der Waals surface area contributed by atoms with Crippen LogP contribution in [0.15, 0.2) is 18.2 Å². The van der Waals surface area contributed by atoms with Gasteiger partial charge in [-0.1, -0.05) is 13.8 Å². The molecule has 0 fully saturated rings. The second-order valence-corrected chi connectivity index (χ2v) is 6.55. The molecule has 1 atom stereocenters. The third-order valence-corrected chi connectivity index (χ3v) is 4.54. The van der Waals surface area contributed by atoms with Crippen molar-refractivity contribution in [1.82, 2.24) is 14.8 Å². The zero-order chi connectivity index (χ0) is 19.2. The van der Waals surface area contributed by atoms with Crippen LogP contribution in [0.25, 0.3) is 0 Å². The number of nitrogens with zero attached hydrogens (tertiary/aromatic N) is 5. The van der Waals surface area contributed by atoms with Gasteiger partial charge in [0.1, 0.15) is 11.4 Å². The van der Waals surface area contributed by atoms with E-state index in [4.69, 9.17) is 0 Å². The summed E-state index contributed by atoms with van der Waals surface area (Å²) in [6, 6.07) is 2.79. The molecule has 0 spiro atoms. The summed E-state index contributed by atoms with van der Waals surface area (Å²) >= 11 is 0. The van der Waals surface area contributed by atoms with Gasteiger partial charge in [0, 0.05) is 30.8 Å². The summed E-state index contributed by atoms with van der Waals surface area (Å²) < 4.78 is 41.7. The van der Waals surface area contributed by atoms with E-state index in [-0.39, 0.29) is 17.6 Å². The first-order valence-electron chi connectivity index (χ1n) is 8.16. The molecule has 0 amide bonds. The molecule has 26 heavy (non-hydrogen) atoms. The highest BCUT2D eigenvalue weighted by Crippen LogP contribution is 2.40. The molecule has 0 bridgehead atoms. The smallest absolute Gasteiger partial charge is 0.360 e. The van der Waals surface area contributed by atoms with Gasteiger partial charge >= 0.3 is 6.18 Å². The van der Waals surface area contributed by atoms with Crippen LogP contribution in [0.5, 0.6) is 0 Å². The molecule has 10 heteroatoms. The van der Waals surface area contributed by atoms with Gasteiger partial charge in [-0.3, -0.25) is 10.1 Å². The second-order valence-electron chi connectivity index (χ2n) is 6.55. The summed E-state index contributed by atoms with van der Waals surface area (Å²) in [6.45, 7) is 6.83. The third kappa shape index (κ3) is 2.99. The van der Waals surface area contributed by atoms with E-state index in [1.54, 1.807) is 4.90 Å². The molecule has 140 valence electrons. The zero-order valence-electron chi connectivity index (χ0n) is 14.5. The van der Waals surface area contributed by atoms with Crippen LogP contribution in [-0.2, 0) is 12.7 Å². The first kappa shape index (κ1) is 18.2. The number of aromatic nitrogens is 3. The average Bonchev–Trinajstić information content (AvgIpc) is 2.99. The van der Waals surface area contributed by atoms with Gasteiger partial charge in [0.25, 0.3) is 5.69 Å². The summed E-state index contributed by atoms with van der Waals surface area (Å²) in [5, 5.41) is 19.3. The zero-order valence-corrected chi connectivity index (χ0v) is 14.5. The summed E-state index contributed by atoms with van der Waals surface area (Å²) in [7, 11) is 0. The van der Waals surface area contributed by atoms with Crippen molar-refractivity contribution in [2.45, 2.75) is 45.5 Å². The minimum absolute atomic E-state index is 0.186. The molecule has 3 rings (SSSR count). The van der Waals surface area contributed by atoms with Crippen LogP contribution >= 0.6 is 0 Å². The van der Waals surface area contributed by atoms with Crippen molar-refractivity contribution in [3.63, 3.8) is 0 Å². The molecule has 0 radical (unpaired) electrons. The van der Waals surface area contributed by atoms with Crippen molar-refractivity contribution in [2.24, 2.45) is 0 Å². The van der Waals surface area contributed by atoms with Gasteiger partial charge in [0.15, 0.2) is 5.82 Å². The van der Waals surface area contributed by atoms with Crippen molar-refractivity contribution in [3.05, 3.63) is 45.5 Å². The minimum atomic E-state index is -4.80. The van der Waals surface area contributed by atoms with Crippen LogP contribution in [0.3, 0.4) is 0 Å². The molecule has 0 N–H and O–H groups in total. The normalized spacial score (nSPS) is 17.5. The van der Waals surface area contributed by atoms with Crippen molar-refractivity contribution in [3.8, 4) is 0 Å². The van der Waals surface area contributed by atoms with E-state index >= 15 is 0 Å². The van der Waals surface area contributed by atoms with Crippen LogP contribution in [-0.4, -0.2) is 26.2 Å². The Labute approximate surface area is 147 Å². The van der Waals surface area contributed by atoms with Gasteiger partial charge in [-0.15, -0.1) is 10.2 Å². The maximum absolute atomic E-state index is 13.2. The first-order chi connectivity index (χ1) is 12.1. The number of nitro benzene ring substituents is 1. The summed E-state index contributed by atoms with van der Waals surface area (Å²) in [4.78, 5) is 11.7. The summed E-state index contributed by atoms with van der Waals surface area (Å²) in [5.74, 6) is 1.70. The van der Waals surface area contributed by atoms with Crippen molar-refractivity contribution < 1.29 is 18.1 Å². The Morgan fingerprint density at radius 1 is 1.27 bits per heavy atom. The Kier molecular flexibility index (Phi) is 4.37. The van der Waals surface area contributed by atoms with E-state index in [1.807, 2.05) is 25.3 Å². The lowest BCUT2D eigenvalue weighted by atomic mass is 10.1. The van der Waals surface area contributed by atoms with E-state index in [0.29, 0.717) is 18.9 Å². The molecular weight excluding hydrogens is 351 g/mol. The highest BCUT2D eigenvalue weighted by Gasteiger charge is 2.39.